The van der Waals surface area contributed by atoms with E-state index in [-0.39, 0.29) is 11.3 Å². The van der Waals surface area contributed by atoms with E-state index in [2.05, 4.69) is 0 Å². The molecule has 8 nitrogen and oxygen atoms in total. The van der Waals surface area contributed by atoms with E-state index in [4.69, 9.17) is 9.47 Å². The van der Waals surface area contributed by atoms with E-state index in [0.29, 0.717) is 11.3 Å². The molecule has 8 heteroatoms. The Morgan fingerprint density at radius 2 is 1.69 bits per heavy atom. The largest absolute Gasteiger partial charge is 0.418 e. The van der Waals surface area contributed by atoms with Gasteiger partial charge in [0.25, 0.3) is 11.5 Å². The first-order valence-electron chi connectivity index (χ1n) is 9.73. The summed E-state index contributed by atoms with van der Waals surface area (Å²) >= 11 is 0. The predicted molar refractivity (Wildman–Crippen MR) is 107 cm³/mol. The van der Waals surface area contributed by atoms with Gasteiger partial charge < -0.3 is 14.4 Å². The number of esters is 2. The van der Waals surface area contributed by atoms with Gasteiger partial charge in [-0.05, 0) is 37.0 Å². The van der Waals surface area contributed by atoms with Crippen LogP contribution in [0.2, 0.25) is 0 Å². The van der Waals surface area contributed by atoms with Crippen LogP contribution in [0.4, 0.5) is 11.4 Å². The normalized spacial score (nSPS) is 22.8. The highest BCUT2D eigenvalue weighted by molar-refractivity contribution is 6.19. The number of rotatable bonds is 3. The van der Waals surface area contributed by atoms with E-state index >= 15 is 0 Å². The van der Waals surface area contributed by atoms with Crippen molar-refractivity contribution >= 4 is 29.4 Å². The quantitative estimate of drug-likeness (QED) is 0.249. The van der Waals surface area contributed by atoms with Gasteiger partial charge in [-0.25, -0.2) is 9.59 Å². The summed E-state index contributed by atoms with van der Waals surface area (Å²) in [6.45, 7) is 8.47. The van der Waals surface area contributed by atoms with E-state index in [1.54, 1.807) is 32.9 Å². The van der Waals surface area contributed by atoms with Crippen LogP contribution in [-0.2, 0) is 19.1 Å². The van der Waals surface area contributed by atoms with Crippen molar-refractivity contribution in [2.24, 2.45) is 5.41 Å². The molecule has 2 heterocycles. The van der Waals surface area contributed by atoms with Crippen LogP contribution >= 0.6 is 0 Å². The average molecular weight is 402 g/mol. The zero-order chi connectivity index (χ0) is 21.4. The monoisotopic (exact) mass is 402 g/mol. The van der Waals surface area contributed by atoms with Crippen LogP contribution in [0.25, 0.3) is 6.08 Å². The lowest BCUT2D eigenvalue weighted by molar-refractivity contribution is -0.384. The van der Waals surface area contributed by atoms with E-state index in [1.165, 1.54) is 19.1 Å². The molecule has 1 aromatic rings. The highest BCUT2D eigenvalue weighted by atomic mass is 16.7. The van der Waals surface area contributed by atoms with E-state index in [9.17, 15) is 19.7 Å². The molecule has 0 saturated carbocycles. The molecular weight excluding hydrogens is 376 g/mol. The number of nitrogens with zero attached hydrogens (tertiary/aromatic N) is 2. The predicted octanol–water partition coefficient (Wildman–Crippen LogP) is 3.83. The molecule has 0 spiro atoms. The first-order valence-corrected chi connectivity index (χ1v) is 9.73. The van der Waals surface area contributed by atoms with Gasteiger partial charge in [0.1, 0.15) is 11.3 Å². The number of carbonyl (C=O) groups excluding carboxylic acids is 2. The Bertz CT molecular complexity index is 858. The number of hydrogen-bond donors (Lipinski definition) is 0. The number of hydrogen-bond acceptors (Lipinski definition) is 7. The molecule has 0 radical (unpaired) electrons. The van der Waals surface area contributed by atoms with Gasteiger partial charge in [-0.1, -0.05) is 26.8 Å². The number of piperidine rings is 1. The third kappa shape index (κ3) is 4.11. The molecule has 0 aromatic heterocycles. The summed E-state index contributed by atoms with van der Waals surface area (Å²) in [7, 11) is 0. The second-order valence-electron chi connectivity index (χ2n) is 8.59. The molecule has 0 atom stereocenters. The van der Waals surface area contributed by atoms with Gasteiger partial charge in [0, 0.05) is 31.5 Å². The molecule has 2 aliphatic rings. The Morgan fingerprint density at radius 3 is 2.21 bits per heavy atom. The van der Waals surface area contributed by atoms with Crippen LogP contribution in [0.1, 0.15) is 52.5 Å². The van der Waals surface area contributed by atoms with E-state index in [1.807, 2.05) is 4.90 Å². The number of carbonyl (C=O) groups is 2. The fourth-order valence-electron chi connectivity index (χ4n) is 3.34. The number of ether oxygens (including phenoxy) is 2. The highest BCUT2D eigenvalue weighted by Gasteiger charge is 2.50. The topological polar surface area (TPSA) is 99.0 Å². The Balaban J connectivity index is 1.92. The molecule has 0 unspecified atom stereocenters. The summed E-state index contributed by atoms with van der Waals surface area (Å²) in [6, 6.07) is 4.69. The zero-order valence-corrected chi connectivity index (χ0v) is 17.2. The fraction of sp³-hybridized carbons (Fsp3) is 0.524. The maximum absolute atomic E-state index is 12.5. The third-order valence-electron chi connectivity index (χ3n) is 5.58. The van der Waals surface area contributed by atoms with Crippen LogP contribution in [0.5, 0.6) is 0 Å². The van der Waals surface area contributed by atoms with Crippen LogP contribution < -0.4 is 4.90 Å². The van der Waals surface area contributed by atoms with Crippen LogP contribution in [0.3, 0.4) is 0 Å². The standard InChI is InChI=1S/C21H26N2O6/c1-20(2,3)21(4)28-18(24)15(19(25)29-21)12-14-8-9-16(17(13-14)23(26)27)22-10-6-5-7-11-22/h8-9,12-13H,5-7,10-11H2,1-4H3. The molecule has 0 aliphatic carbocycles. The fourth-order valence-corrected chi connectivity index (χ4v) is 3.34. The van der Waals surface area contributed by atoms with E-state index in [0.717, 1.165) is 32.4 Å². The molecular formula is C21H26N2O6. The summed E-state index contributed by atoms with van der Waals surface area (Å²) in [5.41, 5.74) is -0.0459. The molecule has 0 bridgehead atoms. The first-order chi connectivity index (χ1) is 13.5. The zero-order valence-electron chi connectivity index (χ0n) is 17.2. The van der Waals surface area contributed by atoms with E-state index < -0.39 is 28.1 Å². The van der Waals surface area contributed by atoms with Gasteiger partial charge >= 0.3 is 11.9 Å². The number of nitro benzene ring substituents is 1. The molecule has 0 amide bonds. The lowest BCUT2D eigenvalue weighted by Crippen LogP contribution is -2.52. The maximum Gasteiger partial charge on any atom is 0.348 e. The minimum absolute atomic E-state index is 0.0571. The summed E-state index contributed by atoms with van der Waals surface area (Å²) in [5.74, 6) is -2.99. The summed E-state index contributed by atoms with van der Waals surface area (Å²) in [5, 5.41) is 11.6. The molecule has 3 rings (SSSR count). The third-order valence-corrected chi connectivity index (χ3v) is 5.58. The second-order valence-corrected chi connectivity index (χ2v) is 8.59. The Hall–Kier alpha value is -2.90. The van der Waals surface area contributed by atoms with Crippen molar-refractivity contribution in [3.63, 3.8) is 0 Å². The van der Waals surface area contributed by atoms with Crippen molar-refractivity contribution < 1.29 is 24.0 Å². The number of cyclic esters (lactones) is 2. The van der Waals surface area contributed by atoms with Gasteiger partial charge in [0.15, 0.2) is 0 Å². The van der Waals surface area contributed by atoms with Crippen LogP contribution in [-0.4, -0.2) is 35.7 Å². The molecule has 0 N–H and O–H groups in total. The van der Waals surface area contributed by atoms with Gasteiger partial charge in [-0.3, -0.25) is 10.1 Å². The number of anilines is 1. The van der Waals surface area contributed by atoms with Crippen molar-refractivity contribution in [1.29, 1.82) is 0 Å². The summed E-state index contributed by atoms with van der Waals surface area (Å²) < 4.78 is 10.8. The Morgan fingerprint density at radius 1 is 1.10 bits per heavy atom. The van der Waals surface area contributed by atoms with Gasteiger partial charge in [0.2, 0.25) is 0 Å². The number of nitro groups is 1. The Kier molecular flexibility index (Phi) is 5.38. The smallest absolute Gasteiger partial charge is 0.348 e. The first kappa shape index (κ1) is 20.8. The minimum Gasteiger partial charge on any atom is -0.418 e. The SMILES string of the molecule is CC(C)(C)C1(C)OC(=O)C(=Cc2ccc(N3CCCCC3)c([N+](=O)[O-])c2)C(=O)O1. The summed E-state index contributed by atoms with van der Waals surface area (Å²) in [4.78, 5) is 38.1. The molecule has 1 aromatic carbocycles. The van der Waals surface area contributed by atoms with Gasteiger partial charge in [-0.2, -0.15) is 0 Å². The van der Waals surface area contributed by atoms with Gasteiger partial charge in [-0.15, -0.1) is 0 Å². The number of benzene rings is 1. The molecule has 2 saturated heterocycles. The minimum atomic E-state index is -1.39. The van der Waals surface area contributed by atoms with Crippen LogP contribution in [0.15, 0.2) is 23.8 Å². The van der Waals surface area contributed by atoms with Gasteiger partial charge in [0.05, 0.1) is 4.92 Å². The van der Waals surface area contributed by atoms with Crippen molar-refractivity contribution in [1.82, 2.24) is 0 Å². The second kappa shape index (κ2) is 7.50. The average Bonchev–Trinajstić information content (AvgIpc) is 2.64. The molecule has 156 valence electrons. The lowest BCUT2D eigenvalue weighted by Gasteiger charge is -2.42. The maximum atomic E-state index is 12.5. The van der Waals surface area contributed by atoms with Crippen molar-refractivity contribution in [3.8, 4) is 0 Å². The summed E-state index contributed by atoms with van der Waals surface area (Å²) in [6.07, 6.45) is 4.38. The highest BCUT2D eigenvalue weighted by Crippen LogP contribution is 2.39. The van der Waals surface area contributed by atoms with Crippen molar-refractivity contribution in [2.75, 3.05) is 18.0 Å². The molecule has 29 heavy (non-hydrogen) atoms. The van der Waals surface area contributed by atoms with Crippen molar-refractivity contribution in [2.45, 2.75) is 52.7 Å². The lowest BCUT2D eigenvalue weighted by atomic mass is 9.85. The Labute approximate surface area is 169 Å². The van der Waals surface area contributed by atoms with Crippen molar-refractivity contribution in [3.05, 3.63) is 39.4 Å². The van der Waals surface area contributed by atoms with Crippen LogP contribution in [0, 0.1) is 15.5 Å². The molecule has 2 fully saturated rings. The molecule has 2 aliphatic heterocycles.